The predicted molar refractivity (Wildman–Crippen MR) is 88.8 cm³/mol. The Balaban J connectivity index is 2.37. The molecule has 0 aliphatic rings. The molecule has 3 N–H and O–H groups in total. The molecular weight excluding hydrogens is 284 g/mol. The van der Waals surface area contributed by atoms with E-state index in [1.165, 1.54) is 0 Å². The van der Waals surface area contributed by atoms with E-state index < -0.39 is 0 Å². The van der Waals surface area contributed by atoms with Gasteiger partial charge < -0.3 is 11.1 Å². The molecule has 0 saturated carbocycles. The first-order valence-corrected chi connectivity index (χ1v) is 7.46. The van der Waals surface area contributed by atoms with Crippen LogP contribution in [0, 0.1) is 0 Å². The van der Waals surface area contributed by atoms with Gasteiger partial charge in [-0.3, -0.25) is 4.68 Å². The van der Waals surface area contributed by atoms with Crippen molar-refractivity contribution in [3.63, 3.8) is 0 Å². The van der Waals surface area contributed by atoms with Gasteiger partial charge in [-0.15, -0.1) is 0 Å². The normalized spacial score (nSPS) is 13.2. The molecule has 0 aliphatic heterocycles. The number of nitrogens with one attached hydrogen (secondary N) is 1. The molecule has 114 valence electrons. The fraction of sp³-hybridized carbons (Fsp3) is 0.438. The summed E-state index contributed by atoms with van der Waals surface area (Å²) in [7, 11) is 1.93. The summed E-state index contributed by atoms with van der Waals surface area (Å²) in [6, 6.07) is 7.67. The van der Waals surface area contributed by atoms with Gasteiger partial charge in [0, 0.05) is 30.8 Å². The third-order valence-corrected chi connectivity index (χ3v) is 3.71. The zero-order chi connectivity index (χ0) is 15.6. The molecule has 1 atom stereocenters. The summed E-state index contributed by atoms with van der Waals surface area (Å²) in [6.45, 7) is 6.94. The van der Waals surface area contributed by atoms with E-state index in [0.29, 0.717) is 11.6 Å². The molecule has 21 heavy (non-hydrogen) atoms. The highest BCUT2D eigenvalue weighted by Gasteiger charge is 2.26. The first-order chi connectivity index (χ1) is 9.82. The minimum atomic E-state index is -0.0355. The average molecular weight is 307 g/mol. The van der Waals surface area contributed by atoms with Crippen LogP contribution in [0.1, 0.15) is 38.1 Å². The molecule has 2 rings (SSSR count). The molecule has 1 aromatic heterocycles. The van der Waals surface area contributed by atoms with Crippen LogP contribution in [-0.4, -0.2) is 16.3 Å². The van der Waals surface area contributed by atoms with Crippen molar-refractivity contribution < 1.29 is 0 Å². The number of nitrogens with two attached hydrogens (primary N) is 1. The Morgan fingerprint density at radius 2 is 2.00 bits per heavy atom. The molecule has 0 amide bonds. The summed E-state index contributed by atoms with van der Waals surface area (Å²) in [6.07, 6.45) is 2.03. The third kappa shape index (κ3) is 3.57. The van der Waals surface area contributed by atoms with E-state index in [1.54, 1.807) is 0 Å². The second-order valence-corrected chi connectivity index (χ2v) is 6.68. The molecular formula is C16H23ClN4. The van der Waals surface area contributed by atoms with Crippen molar-refractivity contribution in [3.05, 3.63) is 46.7 Å². The van der Waals surface area contributed by atoms with Gasteiger partial charge in [-0.25, -0.2) is 0 Å². The number of hydrogen-bond donors (Lipinski definition) is 2. The molecule has 0 bridgehead atoms. The summed E-state index contributed by atoms with van der Waals surface area (Å²) in [4.78, 5) is 0. The Morgan fingerprint density at radius 3 is 2.57 bits per heavy atom. The van der Waals surface area contributed by atoms with Crippen molar-refractivity contribution in [3.8, 4) is 0 Å². The van der Waals surface area contributed by atoms with Crippen molar-refractivity contribution in [2.75, 3.05) is 11.9 Å². The lowest BCUT2D eigenvalue weighted by molar-refractivity contribution is 0.544. The number of para-hydroxylation sites is 1. The van der Waals surface area contributed by atoms with Gasteiger partial charge in [0.1, 0.15) is 0 Å². The molecule has 1 heterocycles. The SMILES string of the molecule is Cn1cc(C(CN)Nc2ccccc2Cl)c(C(C)(C)C)n1. The number of aryl methyl sites for hydroxylation is 1. The van der Waals surface area contributed by atoms with E-state index in [2.05, 4.69) is 31.2 Å². The average Bonchev–Trinajstić information content (AvgIpc) is 2.80. The van der Waals surface area contributed by atoms with Crippen LogP contribution in [-0.2, 0) is 12.5 Å². The zero-order valence-corrected chi connectivity index (χ0v) is 13.8. The molecule has 1 unspecified atom stereocenters. The molecule has 1 aromatic carbocycles. The van der Waals surface area contributed by atoms with E-state index in [-0.39, 0.29) is 11.5 Å². The predicted octanol–water partition coefficient (Wildman–Crippen LogP) is 3.48. The van der Waals surface area contributed by atoms with E-state index in [1.807, 2.05) is 42.2 Å². The van der Waals surface area contributed by atoms with E-state index in [9.17, 15) is 0 Å². The van der Waals surface area contributed by atoms with E-state index in [0.717, 1.165) is 16.9 Å². The summed E-state index contributed by atoms with van der Waals surface area (Å²) >= 11 is 6.22. The first-order valence-electron chi connectivity index (χ1n) is 7.08. The highest BCUT2D eigenvalue weighted by Crippen LogP contribution is 2.31. The number of anilines is 1. The van der Waals surface area contributed by atoms with Crippen LogP contribution in [0.25, 0.3) is 0 Å². The molecule has 0 aliphatic carbocycles. The molecule has 0 spiro atoms. The lowest BCUT2D eigenvalue weighted by Gasteiger charge is -2.23. The summed E-state index contributed by atoms with van der Waals surface area (Å²) in [5.41, 5.74) is 9.01. The molecule has 0 radical (unpaired) electrons. The Kier molecular flexibility index (Phi) is 4.59. The lowest BCUT2D eigenvalue weighted by Crippen LogP contribution is -2.24. The van der Waals surface area contributed by atoms with Gasteiger partial charge in [-0.2, -0.15) is 5.10 Å². The highest BCUT2D eigenvalue weighted by molar-refractivity contribution is 6.33. The Morgan fingerprint density at radius 1 is 1.33 bits per heavy atom. The summed E-state index contributed by atoms with van der Waals surface area (Å²) in [5.74, 6) is 0. The van der Waals surface area contributed by atoms with Crippen molar-refractivity contribution in [2.24, 2.45) is 12.8 Å². The second-order valence-electron chi connectivity index (χ2n) is 6.27. The van der Waals surface area contributed by atoms with Crippen LogP contribution in [0.4, 0.5) is 5.69 Å². The van der Waals surface area contributed by atoms with Gasteiger partial charge in [0.25, 0.3) is 0 Å². The smallest absolute Gasteiger partial charge is 0.0731 e. The number of hydrogen-bond acceptors (Lipinski definition) is 3. The molecule has 5 heteroatoms. The van der Waals surface area contributed by atoms with Gasteiger partial charge in [0.15, 0.2) is 0 Å². The zero-order valence-electron chi connectivity index (χ0n) is 13.0. The highest BCUT2D eigenvalue weighted by atomic mass is 35.5. The monoisotopic (exact) mass is 306 g/mol. The van der Waals surface area contributed by atoms with Crippen LogP contribution >= 0.6 is 11.6 Å². The largest absolute Gasteiger partial charge is 0.376 e. The van der Waals surface area contributed by atoms with E-state index in [4.69, 9.17) is 17.3 Å². The van der Waals surface area contributed by atoms with E-state index >= 15 is 0 Å². The summed E-state index contributed by atoms with van der Waals surface area (Å²) < 4.78 is 1.84. The fourth-order valence-corrected chi connectivity index (χ4v) is 2.56. The Bertz CT molecular complexity index is 613. The van der Waals surface area contributed by atoms with Crippen LogP contribution in [0.15, 0.2) is 30.5 Å². The number of benzene rings is 1. The van der Waals surface area contributed by atoms with Gasteiger partial charge >= 0.3 is 0 Å². The van der Waals surface area contributed by atoms with Crippen LogP contribution in [0.5, 0.6) is 0 Å². The lowest BCUT2D eigenvalue weighted by atomic mass is 9.87. The number of nitrogens with zero attached hydrogens (tertiary/aromatic N) is 2. The minimum Gasteiger partial charge on any atom is -0.376 e. The van der Waals surface area contributed by atoms with Crippen molar-refractivity contribution in [1.82, 2.24) is 9.78 Å². The molecule has 0 saturated heterocycles. The van der Waals surface area contributed by atoms with Crippen molar-refractivity contribution >= 4 is 17.3 Å². The standard InChI is InChI=1S/C16H23ClN4/c1-16(2,3)15-11(10-21(4)20-15)14(9-18)19-13-8-6-5-7-12(13)17/h5-8,10,14,19H,9,18H2,1-4H3. The topological polar surface area (TPSA) is 55.9 Å². The van der Waals surface area contributed by atoms with Crippen LogP contribution in [0.2, 0.25) is 5.02 Å². The quantitative estimate of drug-likeness (QED) is 0.909. The van der Waals surface area contributed by atoms with Crippen LogP contribution < -0.4 is 11.1 Å². The minimum absolute atomic E-state index is 0.0205. The maximum atomic E-state index is 6.22. The van der Waals surface area contributed by atoms with Gasteiger partial charge in [-0.05, 0) is 12.1 Å². The number of halogens is 1. The molecule has 2 aromatic rings. The second kappa shape index (κ2) is 6.08. The number of aromatic nitrogens is 2. The third-order valence-electron chi connectivity index (χ3n) is 3.38. The molecule has 4 nitrogen and oxygen atoms in total. The van der Waals surface area contributed by atoms with Crippen LogP contribution in [0.3, 0.4) is 0 Å². The van der Waals surface area contributed by atoms with Gasteiger partial charge in [0.2, 0.25) is 0 Å². The first kappa shape index (κ1) is 15.9. The van der Waals surface area contributed by atoms with Gasteiger partial charge in [-0.1, -0.05) is 44.5 Å². The molecule has 0 fully saturated rings. The fourth-order valence-electron chi connectivity index (χ4n) is 2.37. The maximum absolute atomic E-state index is 6.22. The maximum Gasteiger partial charge on any atom is 0.0731 e. The Hall–Kier alpha value is -1.52. The summed E-state index contributed by atoms with van der Waals surface area (Å²) in [5, 5.41) is 8.72. The van der Waals surface area contributed by atoms with Crippen molar-refractivity contribution in [1.29, 1.82) is 0 Å². The Labute approximate surface area is 131 Å². The van der Waals surface area contributed by atoms with Gasteiger partial charge in [0.05, 0.1) is 22.4 Å². The number of rotatable bonds is 4. The van der Waals surface area contributed by atoms with Crippen molar-refractivity contribution in [2.45, 2.75) is 32.2 Å².